The Balaban J connectivity index is 2.08. The van der Waals surface area contributed by atoms with Crippen LogP contribution in [0.3, 0.4) is 0 Å². The minimum Gasteiger partial charge on any atom is -0.481 e. The fraction of sp³-hybridized carbons (Fsp3) is 0.368. The number of para-hydroxylation sites is 1. The zero-order chi connectivity index (χ0) is 17.5. The van der Waals surface area contributed by atoms with Crippen LogP contribution in [0.2, 0.25) is 0 Å². The van der Waals surface area contributed by atoms with Crippen LogP contribution in [-0.2, 0) is 12.8 Å². The third kappa shape index (κ3) is 4.25. The van der Waals surface area contributed by atoms with E-state index in [4.69, 9.17) is 4.74 Å². The average Bonchev–Trinajstić information content (AvgIpc) is 2.59. The van der Waals surface area contributed by atoms with Crippen molar-refractivity contribution in [3.63, 3.8) is 0 Å². The molecule has 0 aliphatic heterocycles. The van der Waals surface area contributed by atoms with Crippen molar-refractivity contribution in [3.8, 4) is 5.88 Å². The first-order valence-electron chi connectivity index (χ1n) is 8.15. The second-order valence-corrected chi connectivity index (χ2v) is 5.63. The van der Waals surface area contributed by atoms with Gasteiger partial charge in [0.25, 0.3) is 0 Å². The van der Waals surface area contributed by atoms with Crippen LogP contribution in [0.15, 0.2) is 36.4 Å². The van der Waals surface area contributed by atoms with Gasteiger partial charge in [0.2, 0.25) is 5.88 Å². The molecular weight excluding hydrogens is 304 g/mol. The van der Waals surface area contributed by atoms with Crippen molar-refractivity contribution in [2.75, 3.05) is 18.6 Å². The van der Waals surface area contributed by atoms with E-state index in [0.29, 0.717) is 24.5 Å². The number of anilines is 1. The first kappa shape index (κ1) is 17.8. The van der Waals surface area contributed by atoms with Gasteiger partial charge in [-0.1, -0.05) is 25.1 Å². The maximum Gasteiger partial charge on any atom is 0.411 e. The molecule has 1 aromatic carbocycles. The highest BCUT2D eigenvalue weighted by molar-refractivity contribution is 5.85. The van der Waals surface area contributed by atoms with E-state index in [1.807, 2.05) is 25.1 Å². The van der Waals surface area contributed by atoms with Crippen molar-refractivity contribution in [2.24, 2.45) is 0 Å². The number of nitrogens with zero attached hydrogens (tertiary/aromatic N) is 2. The highest BCUT2D eigenvalue weighted by Crippen LogP contribution is 2.22. The van der Waals surface area contributed by atoms with E-state index in [9.17, 15) is 9.90 Å². The third-order valence-electron chi connectivity index (χ3n) is 4.06. The Hall–Kier alpha value is -2.56. The number of carboxylic acid groups (broad SMARTS) is 1. The summed E-state index contributed by atoms with van der Waals surface area (Å²) in [5.74, 6) is 0.631. The van der Waals surface area contributed by atoms with Crippen molar-refractivity contribution in [1.29, 1.82) is 0 Å². The molecule has 0 aliphatic carbocycles. The Bertz CT molecular complexity index is 687. The van der Waals surface area contributed by atoms with Gasteiger partial charge in [-0.05, 0) is 49.9 Å². The summed E-state index contributed by atoms with van der Waals surface area (Å²) in [6.07, 6.45) is 1.40. The molecule has 2 aromatic rings. The molecule has 5 nitrogen and oxygen atoms in total. The smallest absolute Gasteiger partial charge is 0.411 e. The van der Waals surface area contributed by atoms with Crippen molar-refractivity contribution in [2.45, 2.75) is 33.1 Å². The lowest BCUT2D eigenvalue weighted by Gasteiger charge is -2.19. The lowest BCUT2D eigenvalue weighted by Crippen LogP contribution is -2.30. The number of methoxy groups -OCH3 is 1. The predicted molar refractivity (Wildman–Crippen MR) is 95.0 cm³/mol. The summed E-state index contributed by atoms with van der Waals surface area (Å²) < 4.78 is 5.37. The summed E-state index contributed by atoms with van der Waals surface area (Å²) in [5.41, 5.74) is 3.89. The molecule has 0 fully saturated rings. The zero-order valence-corrected chi connectivity index (χ0v) is 14.5. The summed E-state index contributed by atoms with van der Waals surface area (Å²) in [6.45, 7) is 4.51. The summed E-state index contributed by atoms with van der Waals surface area (Å²) in [4.78, 5) is 17.4. The van der Waals surface area contributed by atoms with Gasteiger partial charge >= 0.3 is 6.09 Å². The molecule has 0 saturated heterocycles. The van der Waals surface area contributed by atoms with Crippen molar-refractivity contribution in [1.82, 2.24) is 4.98 Å². The Morgan fingerprint density at radius 2 is 1.96 bits per heavy atom. The molecule has 1 heterocycles. The first-order valence-corrected chi connectivity index (χ1v) is 8.15. The maximum absolute atomic E-state index is 11.5. The summed E-state index contributed by atoms with van der Waals surface area (Å²) in [5, 5.41) is 9.43. The zero-order valence-electron chi connectivity index (χ0n) is 14.5. The maximum atomic E-state index is 11.5. The number of hydrogen-bond acceptors (Lipinski definition) is 3. The minimum atomic E-state index is -0.940. The van der Waals surface area contributed by atoms with E-state index in [2.05, 4.69) is 18.0 Å². The van der Waals surface area contributed by atoms with Crippen LogP contribution in [0.4, 0.5) is 10.5 Å². The van der Waals surface area contributed by atoms with Crippen molar-refractivity contribution < 1.29 is 14.6 Å². The van der Waals surface area contributed by atoms with Crippen LogP contribution in [0.25, 0.3) is 0 Å². The summed E-state index contributed by atoms with van der Waals surface area (Å²) in [7, 11) is 1.62. The highest BCUT2D eigenvalue weighted by atomic mass is 16.5. The molecule has 1 aromatic heterocycles. The number of carbonyl (C=O) groups is 1. The van der Waals surface area contributed by atoms with Crippen molar-refractivity contribution in [3.05, 3.63) is 53.2 Å². The highest BCUT2D eigenvalue weighted by Gasteiger charge is 2.15. The average molecular weight is 328 g/mol. The Kier molecular flexibility index (Phi) is 6.18. The third-order valence-corrected chi connectivity index (χ3v) is 4.06. The molecule has 0 saturated carbocycles. The molecule has 2 rings (SSSR count). The standard InChI is InChI=1S/C19H24N2O3/c1-4-15-13-16(18(24-3)20-14(15)2)9-8-12-21(19(22)23)17-10-6-5-7-11-17/h5-7,10-11,13H,4,8-9,12H2,1-3H3,(H,22,23). The normalized spacial score (nSPS) is 10.5. The number of ether oxygens (including phenoxy) is 1. The molecule has 128 valence electrons. The van der Waals surface area contributed by atoms with Gasteiger partial charge in [-0.15, -0.1) is 0 Å². The lowest BCUT2D eigenvalue weighted by atomic mass is 10.0. The van der Waals surface area contributed by atoms with E-state index < -0.39 is 6.09 Å². The molecule has 0 aliphatic rings. The van der Waals surface area contributed by atoms with E-state index in [1.165, 1.54) is 10.5 Å². The number of benzene rings is 1. The van der Waals surface area contributed by atoms with Gasteiger partial charge < -0.3 is 9.84 Å². The molecular formula is C19H24N2O3. The van der Waals surface area contributed by atoms with E-state index >= 15 is 0 Å². The predicted octanol–water partition coefficient (Wildman–Crippen LogP) is 4.08. The first-order chi connectivity index (χ1) is 11.6. The van der Waals surface area contributed by atoms with E-state index in [1.54, 1.807) is 19.2 Å². The van der Waals surface area contributed by atoms with Gasteiger partial charge in [0.15, 0.2) is 0 Å². The van der Waals surface area contributed by atoms with Crippen LogP contribution in [0.5, 0.6) is 5.88 Å². The molecule has 0 atom stereocenters. The summed E-state index contributed by atoms with van der Waals surface area (Å²) >= 11 is 0. The molecule has 0 unspecified atom stereocenters. The van der Waals surface area contributed by atoms with Crippen molar-refractivity contribution >= 4 is 11.8 Å². The van der Waals surface area contributed by atoms with E-state index in [0.717, 1.165) is 24.1 Å². The number of hydrogen-bond donors (Lipinski definition) is 1. The molecule has 1 amide bonds. The van der Waals surface area contributed by atoms with E-state index in [-0.39, 0.29) is 0 Å². The Morgan fingerprint density at radius 3 is 2.54 bits per heavy atom. The molecule has 0 spiro atoms. The Labute approximate surface area is 142 Å². The van der Waals surface area contributed by atoms with Crippen LogP contribution in [-0.4, -0.2) is 29.8 Å². The number of amides is 1. The van der Waals surface area contributed by atoms with Crippen LogP contribution in [0.1, 0.15) is 30.2 Å². The van der Waals surface area contributed by atoms with Gasteiger partial charge in [-0.25, -0.2) is 9.78 Å². The second-order valence-electron chi connectivity index (χ2n) is 5.63. The van der Waals surface area contributed by atoms with Gasteiger partial charge in [-0.2, -0.15) is 0 Å². The van der Waals surface area contributed by atoms with Crippen LogP contribution < -0.4 is 9.64 Å². The molecule has 5 heteroatoms. The van der Waals surface area contributed by atoms with Crippen LogP contribution in [0, 0.1) is 6.92 Å². The lowest BCUT2D eigenvalue weighted by molar-refractivity contribution is 0.201. The number of aryl methyl sites for hydroxylation is 3. The fourth-order valence-corrected chi connectivity index (χ4v) is 2.76. The number of pyridine rings is 1. The molecule has 0 bridgehead atoms. The monoisotopic (exact) mass is 328 g/mol. The molecule has 0 radical (unpaired) electrons. The topological polar surface area (TPSA) is 62.7 Å². The quantitative estimate of drug-likeness (QED) is 0.832. The van der Waals surface area contributed by atoms with Crippen LogP contribution >= 0.6 is 0 Å². The second kappa shape index (κ2) is 8.34. The van der Waals surface area contributed by atoms with Gasteiger partial charge in [-0.3, -0.25) is 4.90 Å². The minimum absolute atomic E-state index is 0.428. The van der Waals surface area contributed by atoms with Gasteiger partial charge in [0.05, 0.1) is 7.11 Å². The molecule has 24 heavy (non-hydrogen) atoms. The molecule has 1 N–H and O–H groups in total. The Morgan fingerprint density at radius 1 is 1.25 bits per heavy atom. The van der Waals surface area contributed by atoms with Gasteiger partial charge in [0, 0.05) is 23.5 Å². The number of rotatable bonds is 7. The summed E-state index contributed by atoms with van der Waals surface area (Å²) in [6, 6.07) is 11.3. The van der Waals surface area contributed by atoms with Gasteiger partial charge in [0.1, 0.15) is 0 Å². The SMILES string of the molecule is CCc1cc(CCCN(C(=O)O)c2ccccc2)c(OC)nc1C. The number of aromatic nitrogens is 1. The largest absolute Gasteiger partial charge is 0.481 e. The fourth-order valence-electron chi connectivity index (χ4n) is 2.76.